The maximum absolute atomic E-state index is 5.74. The molecule has 0 N–H and O–H groups in total. The Labute approximate surface area is 156 Å². The van der Waals surface area contributed by atoms with Crippen molar-refractivity contribution in [3.63, 3.8) is 0 Å². The van der Waals surface area contributed by atoms with Crippen molar-refractivity contribution >= 4 is 0 Å². The lowest BCUT2D eigenvalue weighted by Crippen LogP contribution is -2.36. The van der Waals surface area contributed by atoms with E-state index in [1.807, 2.05) is 0 Å². The summed E-state index contributed by atoms with van der Waals surface area (Å²) >= 11 is 0. The standard InChI is InChI=1S/C22H41NO2/c1-2-3-4-5-6-7-8-9-10-11-12-13-14-15-16-17-20-25-23-18-21-24-22-19-23/h6-7,9-10H,2-5,8,11-22H2,1H3/b7-6-,10-9-. The van der Waals surface area contributed by atoms with Gasteiger partial charge < -0.3 is 4.74 Å². The van der Waals surface area contributed by atoms with Crippen LogP contribution < -0.4 is 0 Å². The molecule has 0 aromatic heterocycles. The van der Waals surface area contributed by atoms with Gasteiger partial charge in [-0.05, 0) is 38.5 Å². The maximum Gasteiger partial charge on any atom is 0.0685 e. The average molecular weight is 352 g/mol. The van der Waals surface area contributed by atoms with Gasteiger partial charge in [0.15, 0.2) is 0 Å². The van der Waals surface area contributed by atoms with Crippen molar-refractivity contribution in [1.82, 2.24) is 5.06 Å². The number of hydrogen-bond acceptors (Lipinski definition) is 3. The van der Waals surface area contributed by atoms with E-state index in [-0.39, 0.29) is 0 Å². The molecule has 1 heterocycles. The molecule has 1 fully saturated rings. The van der Waals surface area contributed by atoms with E-state index in [2.05, 4.69) is 36.3 Å². The van der Waals surface area contributed by atoms with Crippen LogP contribution in [0.15, 0.2) is 24.3 Å². The summed E-state index contributed by atoms with van der Waals surface area (Å²) in [7, 11) is 0. The number of hydrogen-bond donors (Lipinski definition) is 0. The van der Waals surface area contributed by atoms with Crippen molar-refractivity contribution < 1.29 is 9.57 Å². The summed E-state index contributed by atoms with van der Waals surface area (Å²) in [4.78, 5) is 5.74. The molecule has 1 saturated heterocycles. The molecule has 3 nitrogen and oxygen atoms in total. The minimum atomic E-state index is 0.809. The quantitative estimate of drug-likeness (QED) is 0.249. The second-order valence-electron chi connectivity index (χ2n) is 6.96. The third-order valence-corrected chi connectivity index (χ3v) is 4.59. The average Bonchev–Trinajstić information content (AvgIpc) is 2.65. The molecule has 0 aromatic carbocycles. The first-order valence-electron chi connectivity index (χ1n) is 10.7. The summed E-state index contributed by atoms with van der Waals surface area (Å²) in [5.41, 5.74) is 0. The Hall–Kier alpha value is -0.640. The Morgan fingerprint density at radius 3 is 2.04 bits per heavy atom. The zero-order valence-electron chi connectivity index (χ0n) is 16.6. The normalized spacial score (nSPS) is 16.4. The Kier molecular flexibility index (Phi) is 16.3. The number of morpholine rings is 1. The van der Waals surface area contributed by atoms with E-state index in [1.165, 1.54) is 70.6 Å². The van der Waals surface area contributed by atoms with Crippen molar-refractivity contribution in [2.75, 3.05) is 32.9 Å². The van der Waals surface area contributed by atoms with Crippen LogP contribution in [0.25, 0.3) is 0 Å². The first kappa shape index (κ1) is 22.4. The van der Waals surface area contributed by atoms with Crippen LogP contribution in [0, 0.1) is 0 Å². The summed E-state index contributed by atoms with van der Waals surface area (Å²) in [5, 5.41) is 2.05. The molecule has 3 heteroatoms. The molecule has 0 unspecified atom stereocenters. The summed E-state index contributed by atoms with van der Waals surface area (Å²) in [5.74, 6) is 0. The fourth-order valence-corrected chi connectivity index (χ4v) is 2.96. The van der Waals surface area contributed by atoms with Gasteiger partial charge in [0.1, 0.15) is 0 Å². The van der Waals surface area contributed by atoms with E-state index >= 15 is 0 Å². The molecular weight excluding hydrogens is 310 g/mol. The predicted octanol–water partition coefficient (Wildman–Crippen LogP) is 6.06. The molecule has 0 aliphatic carbocycles. The van der Waals surface area contributed by atoms with Gasteiger partial charge in [-0.3, -0.25) is 4.84 Å². The molecule has 1 rings (SSSR count). The van der Waals surface area contributed by atoms with E-state index in [0.29, 0.717) is 0 Å². The predicted molar refractivity (Wildman–Crippen MR) is 108 cm³/mol. The highest BCUT2D eigenvalue weighted by Gasteiger charge is 2.09. The van der Waals surface area contributed by atoms with E-state index in [9.17, 15) is 0 Å². The van der Waals surface area contributed by atoms with Gasteiger partial charge in [0, 0.05) is 13.1 Å². The number of ether oxygens (including phenoxy) is 1. The molecule has 1 aliphatic rings. The molecular formula is C22H41NO2. The second kappa shape index (κ2) is 18.2. The Bertz CT molecular complexity index is 322. The second-order valence-corrected chi connectivity index (χ2v) is 6.96. The van der Waals surface area contributed by atoms with E-state index < -0.39 is 0 Å². The van der Waals surface area contributed by atoms with Gasteiger partial charge >= 0.3 is 0 Å². The third-order valence-electron chi connectivity index (χ3n) is 4.59. The smallest absolute Gasteiger partial charge is 0.0685 e. The molecule has 146 valence electrons. The van der Waals surface area contributed by atoms with Gasteiger partial charge in [-0.2, -0.15) is 5.06 Å². The van der Waals surface area contributed by atoms with Gasteiger partial charge in [0.05, 0.1) is 19.8 Å². The number of hydroxylamine groups is 2. The van der Waals surface area contributed by atoms with Gasteiger partial charge in [-0.25, -0.2) is 0 Å². The molecule has 0 aromatic rings. The van der Waals surface area contributed by atoms with Crippen LogP contribution in [-0.4, -0.2) is 38.0 Å². The van der Waals surface area contributed by atoms with E-state index in [0.717, 1.165) is 39.3 Å². The van der Waals surface area contributed by atoms with Gasteiger partial charge in [-0.15, -0.1) is 0 Å². The first-order chi connectivity index (χ1) is 12.4. The Morgan fingerprint density at radius 2 is 1.36 bits per heavy atom. The molecule has 1 aliphatic heterocycles. The monoisotopic (exact) mass is 351 g/mol. The van der Waals surface area contributed by atoms with E-state index in [1.54, 1.807) is 0 Å². The first-order valence-corrected chi connectivity index (χ1v) is 10.7. The lowest BCUT2D eigenvalue weighted by Gasteiger charge is -2.25. The van der Waals surface area contributed by atoms with Gasteiger partial charge in [-0.1, -0.05) is 69.8 Å². The molecule has 0 saturated carbocycles. The van der Waals surface area contributed by atoms with Crippen LogP contribution in [0.4, 0.5) is 0 Å². The highest BCUT2D eigenvalue weighted by molar-refractivity contribution is 4.92. The number of nitrogens with zero attached hydrogens (tertiary/aromatic N) is 1. The van der Waals surface area contributed by atoms with Crippen LogP contribution in [0.2, 0.25) is 0 Å². The summed E-state index contributed by atoms with van der Waals surface area (Å²) in [6, 6.07) is 0. The van der Waals surface area contributed by atoms with Crippen LogP contribution in [0.1, 0.15) is 84.0 Å². The largest absolute Gasteiger partial charge is 0.379 e. The zero-order valence-corrected chi connectivity index (χ0v) is 16.6. The number of rotatable bonds is 16. The topological polar surface area (TPSA) is 21.7 Å². The van der Waals surface area contributed by atoms with Crippen molar-refractivity contribution in [2.45, 2.75) is 84.0 Å². The molecule has 0 atom stereocenters. The highest BCUT2D eigenvalue weighted by Crippen LogP contribution is 2.09. The minimum Gasteiger partial charge on any atom is -0.379 e. The zero-order chi connectivity index (χ0) is 17.8. The van der Waals surface area contributed by atoms with Crippen LogP contribution in [0.3, 0.4) is 0 Å². The maximum atomic E-state index is 5.74. The Morgan fingerprint density at radius 1 is 0.760 bits per heavy atom. The molecule has 0 amide bonds. The van der Waals surface area contributed by atoms with E-state index in [4.69, 9.17) is 9.57 Å². The number of allylic oxidation sites excluding steroid dienone is 4. The highest BCUT2D eigenvalue weighted by atomic mass is 16.7. The summed E-state index contributed by atoms with van der Waals surface area (Å²) in [6.07, 6.45) is 24.8. The van der Waals surface area contributed by atoms with Crippen LogP contribution >= 0.6 is 0 Å². The van der Waals surface area contributed by atoms with Crippen LogP contribution in [-0.2, 0) is 9.57 Å². The van der Waals surface area contributed by atoms with Crippen molar-refractivity contribution in [3.8, 4) is 0 Å². The molecule has 25 heavy (non-hydrogen) atoms. The fourth-order valence-electron chi connectivity index (χ4n) is 2.96. The van der Waals surface area contributed by atoms with Gasteiger partial charge in [0.25, 0.3) is 0 Å². The Balaban J connectivity index is 1.74. The summed E-state index contributed by atoms with van der Waals surface area (Å²) < 4.78 is 5.31. The van der Waals surface area contributed by atoms with Crippen LogP contribution in [0.5, 0.6) is 0 Å². The molecule has 0 radical (unpaired) electrons. The number of unbranched alkanes of at least 4 members (excludes halogenated alkanes) is 9. The fraction of sp³-hybridized carbons (Fsp3) is 0.818. The lowest BCUT2D eigenvalue weighted by atomic mass is 10.1. The minimum absolute atomic E-state index is 0.809. The lowest BCUT2D eigenvalue weighted by molar-refractivity contribution is -0.194. The van der Waals surface area contributed by atoms with Gasteiger partial charge in [0.2, 0.25) is 0 Å². The van der Waals surface area contributed by atoms with Crippen molar-refractivity contribution in [3.05, 3.63) is 24.3 Å². The summed E-state index contributed by atoms with van der Waals surface area (Å²) in [6.45, 7) is 6.58. The molecule has 0 spiro atoms. The van der Waals surface area contributed by atoms with Crippen molar-refractivity contribution in [1.29, 1.82) is 0 Å². The SMILES string of the molecule is CCCCC/C=C\C/C=C\CCCCCCCCON1CCOCC1. The molecule has 0 bridgehead atoms. The van der Waals surface area contributed by atoms with Crippen molar-refractivity contribution in [2.24, 2.45) is 0 Å². The third kappa shape index (κ3) is 15.3.